The van der Waals surface area contributed by atoms with E-state index in [1.807, 2.05) is 12.1 Å². The van der Waals surface area contributed by atoms with Crippen LogP contribution in [0.15, 0.2) is 42.0 Å². The zero-order valence-electron chi connectivity index (χ0n) is 12.3. The van der Waals surface area contributed by atoms with Crippen molar-refractivity contribution in [2.75, 3.05) is 6.54 Å². The van der Waals surface area contributed by atoms with Crippen molar-refractivity contribution in [2.24, 2.45) is 0 Å². The van der Waals surface area contributed by atoms with Crippen LogP contribution < -0.4 is 10.9 Å². The molecular weight excluding hydrogens is 260 g/mol. The smallest absolute Gasteiger partial charge is 0.262 e. The quantitative estimate of drug-likeness (QED) is 0.844. The number of aryl methyl sites for hydroxylation is 1. The molecule has 0 bridgehead atoms. The number of amides is 1. The second kappa shape index (κ2) is 6.10. The summed E-state index contributed by atoms with van der Waals surface area (Å²) in [5.74, 6) is -0.0332. The van der Waals surface area contributed by atoms with E-state index >= 15 is 0 Å². The minimum Gasteiger partial charge on any atom is -0.287 e. The van der Waals surface area contributed by atoms with Crippen molar-refractivity contribution in [2.45, 2.75) is 26.2 Å². The van der Waals surface area contributed by atoms with Crippen LogP contribution in [0.1, 0.15) is 30.9 Å². The van der Waals surface area contributed by atoms with Crippen LogP contribution in [0.2, 0.25) is 0 Å². The Kier molecular flexibility index (Phi) is 4.02. The van der Waals surface area contributed by atoms with Gasteiger partial charge in [0.2, 0.25) is 0 Å². The Morgan fingerprint density at radius 1 is 1.24 bits per heavy atom. The number of hydrogen-bond acceptors (Lipinski definition) is 2. The number of fused-ring (bicyclic) bond motifs is 1. The minimum atomic E-state index is -0.0332. The molecule has 0 aliphatic carbocycles. The first kappa shape index (κ1) is 13.8. The van der Waals surface area contributed by atoms with Crippen LogP contribution in [0.3, 0.4) is 0 Å². The lowest BCUT2D eigenvalue weighted by Crippen LogP contribution is -2.25. The molecule has 3 rings (SSSR count). The molecule has 108 valence electrons. The van der Waals surface area contributed by atoms with Gasteiger partial charge in [0.05, 0.1) is 0 Å². The molecule has 21 heavy (non-hydrogen) atoms. The summed E-state index contributed by atoms with van der Waals surface area (Å²) in [5.41, 5.74) is 8.74. The van der Waals surface area contributed by atoms with Gasteiger partial charge in [-0.2, -0.15) is 0 Å². The van der Waals surface area contributed by atoms with E-state index in [1.54, 1.807) is 0 Å². The van der Waals surface area contributed by atoms with Crippen molar-refractivity contribution in [1.82, 2.24) is 10.9 Å². The Morgan fingerprint density at radius 2 is 2.14 bits per heavy atom. The van der Waals surface area contributed by atoms with E-state index in [-0.39, 0.29) is 5.91 Å². The molecule has 0 saturated carbocycles. The van der Waals surface area contributed by atoms with Gasteiger partial charge in [-0.05, 0) is 40.8 Å². The average molecular weight is 280 g/mol. The second-order valence-corrected chi connectivity index (χ2v) is 5.48. The van der Waals surface area contributed by atoms with Crippen LogP contribution in [-0.4, -0.2) is 12.5 Å². The van der Waals surface area contributed by atoms with Crippen LogP contribution in [0, 0.1) is 0 Å². The van der Waals surface area contributed by atoms with Gasteiger partial charge < -0.3 is 0 Å². The van der Waals surface area contributed by atoms with E-state index < -0.39 is 0 Å². The summed E-state index contributed by atoms with van der Waals surface area (Å²) >= 11 is 0. The first-order valence-corrected chi connectivity index (χ1v) is 7.53. The molecular formula is C18H20N2O. The summed E-state index contributed by atoms with van der Waals surface area (Å²) in [4.78, 5) is 11.7. The summed E-state index contributed by atoms with van der Waals surface area (Å²) in [5, 5.41) is 2.44. The molecule has 0 aromatic heterocycles. The van der Waals surface area contributed by atoms with E-state index in [0.29, 0.717) is 6.54 Å². The minimum absolute atomic E-state index is 0.0332. The lowest BCUT2D eigenvalue weighted by atomic mass is 9.98. The maximum atomic E-state index is 11.7. The molecule has 0 spiro atoms. The normalized spacial score (nSPS) is 16.6. The van der Waals surface area contributed by atoms with Crippen molar-refractivity contribution >= 4 is 22.8 Å². The van der Waals surface area contributed by atoms with Gasteiger partial charge in [-0.1, -0.05) is 49.7 Å². The summed E-state index contributed by atoms with van der Waals surface area (Å²) in [6, 6.07) is 12.9. The number of carbonyl (C=O) groups excluding carboxylic acids is 1. The Balaban J connectivity index is 2.03. The first-order valence-electron chi connectivity index (χ1n) is 7.53. The first-order chi connectivity index (χ1) is 10.3. The summed E-state index contributed by atoms with van der Waals surface area (Å²) in [6.07, 6.45) is 5.51. The molecule has 0 radical (unpaired) electrons. The third-order valence-electron chi connectivity index (χ3n) is 3.90. The van der Waals surface area contributed by atoms with Gasteiger partial charge in [0.15, 0.2) is 0 Å². The Hall–Kier alpha value is -2.13. The van der Waals surface area contributed by atoms with Crippen LogP contribution in [0.4, 0.5) is 0 Å². The molecule has 1 aliphatic heterocycles. The Bertz CT molecular complexity index is 703. The number of hydrogen-bond donors (Lipinski definition) is 2. The molecule has 2 aromatic carbocycles. The van der Waals surface area contributed by atoms with Crippen molar-refractivity contribution in [3.8, 4) is 0 Å². The van der Waals surface area contributed by atoms with Crippen LogP contribution in [0.25, 0.3) is 16.8 Å². The molecule has 1 aliphatic rings. The molecule has 2 aromatic rings. The highest BCUT2D eigenvalue weighted by Gasteiger charge is 2.15. The zero-order valence-corrected chi connectivity index (χ0v) is 12.3. The predicted octanol–water partition coefficient (Wildman–Crippen LogP) is 3.20. The summed E-state index contributed by atoms with van der Waals surface area (Å²) in [6.45, 7) is 2.79. The van der Waals surface area contributed by atoms with E-state index in [4.69, 9.17) is 0 Å². The monoisotopic (exact) mass is 280 g/mol. The fourth-order valence-electron chi connectivity index (χ4n) is 2.69. The number of benzene rings is 2. The molecule has 3 heteroatoms. The van der Waals surface area contributed by atoms with Crippen molar-refractivity contribution < 1.29 is 4.79 Å². The van der Waals surface area contributed by atoms with Gasteiger partial charge in [0.25, 0.3) is 5.91 Å². The molecule has 1 saturated heterocycles. The number of unbranched alkanes of at least 4 members (excludes halogenated alkanes) is 1. The van der Waals surface area contributed by atoms with Gasteiger partial charge in [-0.3, -0.25) is 10.2 Å². The molecule has 0 unspecified atom stereocenters. The number of nitrogens with one attached hydrogen (secondary N) is 2. The van der Waals surface area contributed by atoms with Crippen molar-refractivity contribution in [1.29, 1.82) is 0 Å². The molecule has 1 fully saturated rings. The van der Waals surface area contributed by atoms with Gasteiger partial charge in [0, 0.05) is 12.1 Å². The van der Waals surface area contributed by atoms with Gasteiger partial charge in [-0.15, -0.1) is 0 Å². The van der Waals surface area contributed by atoms with Crippen molar-refractivity contribution in [3.05, 3.63) is 53.1 Å². The molecule has 1 amide bonds. The molecule has 0 atom stereocenters. The van der Waals surface area contributed by atoms with Crippen molar-refractivity contribution in [3.63, 3.8) is 0 Å². The lowest BCUT2D eigenvalue weighted by molar-refractivity contribution is -0.116. The largest absolute Gasteiger partial charge is 0.287 e. The maximum Gasteiger partial charge on any atom is 0.262 e. The van der Waals surface area contributed by atoms with E-state index in [9.17, 15) is 4.79 Å². The lowest BCUT2D eigenvalue weighted by Gasteiger charge is -2.07. The standard InChI is InChI=1S/C18H20N2O/c1-2-3-5-13-8-9-14-6-4-7-15(17(14)10-13)11-16-12-19-20-18(16)21/h4,6-11,19H,2-3,5,12H2,1H3,(H,20,21)/b16-11+. The summed E-state index contributed by atoms with van der Waals surface area (Å²) in [7, 11) is 0. The Labute approximate surface area is 125 Å². The molecule has 3 nitrogen and oxygen atoms in total. The Morgan fingerprint density at radius 3 is 2.90 bits per heavy atom. The van der Waals surface area contributed by atoms with Gasteiger partial charge in [-0.25, -0.2) is 5.43 Å². The van der Waals surface area contributed by atoms with Crippen LogP contribution >= 0.6 is 0 Å². The fourth-order valence-corrected chi connectivity index (χ4v) is 2.69. The van der Waals surface area contributed by atoms with Crippen LogP contribution in [0.5, 0.6) is 0 Å². The topological polar surface area (TPSA) is 41.1 Å². The third kappa shape index (κ3) is 2.98. The summed E-state index contributed by atoms with van der Waals surface area (Å²) < 4.78 is 0. The highest BCUT2D eigenvalue weighted by Crippen LogP contribution is 2.23. The zero-order chi connectivity index (χ0) is 14.7. The van der Waals surface area contributed by atoms with E-state index in [2.05, 4.69) is 48.1 Å². The molecule has 1 heterocycles. The van der Waals surface area contributed by atoms with Gasteiger partial charge in [0.1, 0.15) is 0 Å². The predicted molar refractivity (Wildman–Crippen MR) is 86.7 cm³/mol. The highest BCUT2D eigenvalue weighted by atomic mass is 16.2. The average Bonchev–Trinajstić information content (AvgIpc) is 2.91. The second-order valence-electron chi connectivity index (χ2n) is 5.48. The van der Waals surface area contributed by atoms with Gasteiger partial charge >= 0.3 is 0 Å². The maximum absolute atomic E-state index is 11.7. The van der Waals surface area contributed by atoms with E-state index in [1.165, 1.54) is 29.2 Å². The third-order valence-corrected chi connectivity index (χ3v) is 3.90. The fraction of sp³-hybridized carbons (Fsp3) is 0.278. The number of rotatable bonds is 4. The van der Waals surface area contributed by atoms with E-state index in [0.717, 1.165) is 17.6 Å². The number of carbonyl (C=O) groups is 1. The highest BCUT2D eigenvalue weighted by molar-refractivity contribution is 6.02. The molecule has 2 N–H and O–H groups in total. The number of hydrazine groups is 1. The SMILES string of the molecule is CCCCc1ccc2cccc(/C=C3\CNNC3=O)c2c1. The van der Waals surface area contributed by atoms with Crippen LogP contribution in [-0.2, 0) is 11.2 Å².